The van der Waals surface area contributed by atoms with Crippen LogP contribution in [0.15, 0.2) is 18.2 Å². The molecular formula is C19H24N4O2S. The fraction of sp³-hybridized carbons (Fsp3) is 0.526. The molecule has 1 saturated carbocycles. The van der Waals surface area contributed by atoms with Crippen LogP contribution in [0, 0.1) is 13.8 Å². The second kappa shape index (κ2) is 7.42. The van der Waals surface area contributed by atoms with Gasteiger partial charge in [0.25, 0.3) is 5.91 Å². The molecule has 26 heavy (non-hydrogen) atoms. The van der Waals surface area contributed by atoms with Crippen LogP contribution in [0.1, 0.15) is 51.7 Å². The van der Waals surface area contributed by atoms with Crippen LogP contribution in [0.2, 0.25) is 0 Å². The quantitative estimate of drug-likeness (QED) is 0.844. The average molecular weight is 372 g/mol. The van der Waals surface area contributed by atoms with Gasteiger partial charge >= 0.3 is 0 Å². The van der Waals surface area contributed by atoms with Crippen LogP contribution in [0.4, 0.5) is 5.13 Å². The average Bonchev–Trinajstić information content (AvgIpc) is 3.27. The molecule has 0 unspecified atom stereocenters. The van der Waals surface area contributed by atoms with E-state index < -0.39 is 0 Å². The van der Waals surface area contributed by atoms with Crippen LogP contribution in [0.25, 0.3) is 0 Å². The zero-order chi connectivity index (χ0) is 18.1. The van der Waals surface area contributed by atoms with Crippen molar-refractivity contribution in [2.24, 2.45) is 0 Å². The Hall–Kier alpha value is -1.83. The summed E-state index contributed by atoms with van der Waals surface area (Å²) in [5.74, 6) is 0.367. The van der Waals surface area contributed by atoms with E-state index in [1.54, 1.807) is 0 Å². The van der Waals surface area contributed by atoms with Crippen LogP contribution < -0.4 is 10.6 Å². The van der Waals surface area contributed by atoms with Gasteiger partial charge in [0.05, 0.1) is 0 Å². The monoisotopic (exact) mass is 372 g/mol. The van der Waals surface area contributed by atoms with Gasteiger partial charge in [-0.25, -0.2) is 0 Å². The van der Waals surface area contributed by atoms with Crippen LogP contribution in [0.3, 0.4) is 0 Å². The van der Waals surface area contributed by atoms with Crippen molar-refractivity contribution in [1.29, 1.82) is 0 Å². The fourth-order valence-electron chi connectivity index (χ4n) is 3.59. The Bertz CT molecular complexity index is 801. The van der Waals surface area contributed by atoms with Crippen LogP contribution in [0.5, 0.6) is 0 Å². The smallest absolute Gasteiger partial charge is 0.257 e. The summed E-state index contributed by atoms with van der Waals surface area (Å²) in [5, 5.41) is 15.9. The van der Waals surface area contributed by atoms with Gasteiger partial charge in [-0.15, -0.1) is 10.2 Å². The minimum Gasteiger partial charge on any atom is -0.381 e. The minimum absolute atomic E-state index is 0.128. The third-order valence-electron chi connectivity index (χ3n) is 5.15. The van der Waals surface area contributed by atoms with E-state index in [4.69, 9.17) is 4.74 Å². The van der Waals surface area contributed by atoms with Gasteiger partial charge in [0.1, 0.15) is 5.01 Å². The number of anilines is 1. The van der Waals surface area contributed by atoms with Gasteiger partial charge in [-0.1, -0.05) is 17.4 Å². The van der Waals surface area contributed by atoms with Crippen molar-refractivity contribution < 1.29 is 9.53 Å². The van der Waals surface area contributed by atoms with Crippen molar-refractivity contribution in [3.63, 3.8) is 0 Å². The highest BCUT2D eigenvalue weighted by molar-refractivity contribution is 7.15. The normalized spacial score (nSPS) is 23.0. The van der Waals surface area contributed by atoms with Crippen LogP contribution >= 0.6 is 11.3 Å². The predicted molar refractivity (Wildman–Crippen MR) is 102 cm³/mol. The number of carbonyl (C=O) groups is 1. The maximum atomic E-state index is 12.5. The number of benzene rings is 1. The number of carbonyl (C=O) groups excluding carboxylic acids is 1. The molecule has 4 rings (SSSR count). The molecule has 2 N–H and O–H groups in total. The molecule has 1 aromatic heterocycles. The van der Waals surface area contributed by atoms with Crippen molar-refractivity contribution in [3.05, 3.63) is 39.9 Å². The lowest BCUT2D eigenvalue weighted by Gasteiger charge is -2.23. The van der Waals surface area contributed by atoms with E-state index in [9.17, 15) is 4.79 Å². The van der Waals surface area contributed by atoms with Gasteiger partial charge in [-0.2, -0.15) is 0 Å². The second-order valence-corrected chi connectivity index (χ2v) is 8.34. The summed E-state index contributed by atoms with van der Waals surface area (Å²) in [4.78, 5) is 12.5. The SMILES string of the molecule is Cc1nnc(NC(=O)c2ccc(C)c([C@@H]3C[C@H]3NC3CCOCC3)c2)s1. The number of hydrogen-bond donors (Lipinski definition) is 2. The summed E-state index contributed by atoms with van der Waals surface area (Å²) in [5.41, 5.74) is 3.19. The number of amides is 1. The number of hydrogen-bond acceptors (Lipinski definition) is 6. The molecule has 0 bridgehead atoms. The summed E-state index contributed by atoms with van der Waals surface area (Å²) in [7, 11) is 0. The fourth-order valence-corrected chi connectivity index (χ4v) is 4.17. The first kappa shape index (κ1) is 17.6. The first-order valence-electron chi connectivity index (χ1n) is 9.16. The van der Waals surface area contributed by atoms with Crippen molar-refractivity contribution in [3.8, 4) is 0 Å². The van der Waals surface area contributed by atoms with Gasteiger partial charge in [0, 0.05) is 36.8 Å². The molecular weight excluding hydrogens is 348 g/mol. The Balaban J connectivity index is 1.42. The van der Waals surface area contributed by atoms with Gasteiger partial charge in [-0.05, 0) is 56.4 Å². The molecule has 1 aromatic carbocycles. The molecule has 2 heterocycles. The Kier molecular flexibility index (Phi) is 5.02. The number of rotatable bonds is 5. The summed E-state index contributed by atoms with van der Waals surface area (Å²) in [6, 6.07) is 7.03. The molecule has 2 fully saturated rings. The van der Waals surface area contributed by atoms with E-state index in [1.165, 1.54) is 22.5 Å². The first-order chi connectivity index (χ1) is 12.6. The lowest BCUT2D eigenvalue weighted by atomic mass is 10.00. The van der Waals surface area contributed by atoms with Gasteiger partial charge in [-0.3, -0.25) is 10.1 Å². The lowest BCUT2D eigenvalue weighted by molar-refractivity contribution is 0.0774. The Labute approximate surface area is 157 Å². The molecule has 1 aliphatic carbocycles. The van der Waals surface area contributed by atoms with Gasteiger partial charge in [0.2, 0.25) is 5.13 Å². The molecule has 1 saturated heterocycles. The lowest BCUT2D eigenvalue weighted by Crippen LogP contribution is -2.36. The van der Waals surface area contributed by atoms with Crippen molar-refractivity contribution in [2.45, 2.75) is 51.1 Å². The first-order valence-corrected chi connectivity index (χ1v) is 9.97. The second-order valence-electron chi connectivity index (χ2n) is 7.15. The van der Waals surface area contributed by atoms with E-state index in [1.807, 2.05) is 25.1 Å². The number of aromatic nitrogens is 2. The molecule has 0 spiro atoms. The van der Waals surface area contributed by atoms with E-state index >= 15 is 0 Å². The van der Waals surface area contributed by atoms with E-state index in [2.05, 4.69) is 27.8 Å². The molecule has 1 amide bonds. The molecule has 2 aromatic rings. The van der Waals surface area contributed by atoms with E-state index in [-0.39, 0.29) is 5.91 Å². The Morgan fingerprint density at radius 3 is 2.77 bits per heavy atom. The number of aryl methyl sites for hydroxylation is 2. The van der Waals surface area contributed by atoms with Gasteiger partial charge in [0.15, 0.2) is 0 Å². The molecule has 7 heteroatoms. The van der Waals surface area contributed by atoms with E-state index in [0.29, 0.717) is 28.7 Å². The highest BCUT2D eigenvalue weighted by Crippen LogP contribution is 2.43. The number of nitrogens with zero attached hydrogens (tertiary/aromatic N) is 2. The minimum atomic E-state index is -0.128. The molecule has 1 aliphatic heterocycles. The van der Waals surface area contributed by atoms with Crippen LogP contribution in [-0.2, 0) is 4.74 Å². The number of nitrogens with one attached hydrogen (secondary N) is 2. The highest BCUT2D eigenvalue weighted by Gasteiger charge is 2.40. The maximum absolute atomic E-state index is 12.5. The third kappa shape index (κ3) is 3.95. The molecule has 2 atom stereocenters. The predicted octanol–water partition coefficient (Wildman–Crippen LogP) is 3.03. The molecule has 6 nitrogen and oxygen atoms in total. The molecule has 2 aliphatic rings. The van der Waals surface area contributed by atoms with E-state index in [0.717, 1.165) is 37.5 Å². The largest absolute Gasteiger partial charge is 0.381 e. The van der Waals surface area contributed by atoms with Crippen molar-refractivity contribution in [1.82, 2.24) is 15.5 Å². The Morgan fingerprint density at radius 2 is 2.04 bits per heavy atom. The summed E-state index contributed by atoms with van der Waals surface area (Å²) in [6.45, 7) is 5.70. The van der Waals surface area contributed by atoms with Crippen LogP contribution in [-0.4, -0.2) is 41.4 Å². The summed E-state index contributed by atoms with van der Waals surface area (Å²) >= 11 is 1.38. The highest BCUT2D eigenvalue weighted by atomic mass is 32.1. The topological polar surface area (TPSA) is 76.1 Å². The van der Waals surface area contributed by atoms with Crippen molar-refractivity contribution >= 4 is 22.4 Å². The summed E-state index contributed by atoms with van der Waals surface area (Å²) < 4.78 is 5.43. The van der Waals surface area contributed by atoms with Gasteiger partial charge < -0.3 is 10.1 Å². The maximum Gasteiger partial charge on any atom is 0.257 e. The zero-order valence-electron chi connectivity index (χ0n) is 15.1. The zero-order valence-corrected chi connectivity index (χ0v) is 15.9. The molecule has 138 valence electrons. The third-order valence-corrected chi connectivity index (χ3v) is 5.90. The Morgan fingerprint density at radius 1 is 1.23 bits per heavy atom. The molecule has 0 radical (unpaired) electrons. The summed E-state index contributed by atoms with van der Waals surface area (Å²) in [6.07, 6.45) is 3.32. The standard InChI is InChI=1S/C19H24N4O2S/c1-11-3-4-13(18(24)21-19-23-22-12(2)26-19)9-15(11)16-10-17(16)20-14-5-7-25-8-6-14/h3-4,9,14,16-17,20H,5-8,10H2,1-2H3,(H,21,23,24)/t16-,17+/m0/s1. The number of ether oxygens (including phenoxy) is 1. The van der Waals surface area contributed by atoms with Crippen molar-refractivity contribution in [2.75, 3.05) is 18.5 Å².